The zero-order valence-corrected chi connectivity index (χ0v) is 18.0. The highest BCUT2D eigenvalue weighted by atomic mass is 79.9. The van der Waals surface area contributed by atoms with Crippen LogP contribution in [-0.2, 0) is 0 Å². The van der Waals surface area contributed by atoms with Crippen LogP contribution in [0.25, 0.3) is 16.9 Å². The van der Waals surface area contributed by atoms with E-state index in [-0.39, 0.29) is 0 Å². The number of hydrogen-bond acceptors (Lipinski definition) is 4. The van der Waals surface area contributed by atoms with E-state index in [1.807, 2.05) is 53.3 Å². The van der Waals surface area contributed by atoms with Gasteiger partial charge >= 0.3 is 0 Å². The van der Waals surface area contributed by atoms with Gasteiger partial charge in [-0.05, 0) is 36.4 Å². The lowest BCUT2D eigenvalue weighted by Crippen LogP contribution is -1.93. The van der Waals surface area contributed by atoms with Crippen molar-refractivity contribution >= 4 is 51.0 Å². The molecule has 4 aromatic rings. The van der Waals surface area contributed by atoms with Gasteiger partial charge < -0.3 is 0 Å². The van der Waals surface area contributed by atoms with E-state index in [2.05, 4.69) is 31.4 Å². The number of anilines is 1. The van der Waals surface area contributed by atoms with Crippen molar-refractivity contribution < 1.29 is 0 Å². The SMILES string of the molecule is Clc1cc(Br)cc(Cl)c1N/N=C/c1cn(-c2ccccc2)nc1-c1ccncc1. The molecule has 0 aliphatic heterocycles. The average Bonchev–Trinajstić information content (AvgIpc) is 3.15. The van der Waals surface area contributed by atoms with Gasteiger partial charge in [0, 0.05) is 34.2 Å². The van der Waals surface area contributed by atoms with Crippen molar-refractivity contribution in [2.45, 2.75) is 0 Å². The van der Waals surface area contributed by atoms with Gasteiger partial charge in [-0.2, -0.15) is 10.2 Å². The zero-order valence-electron chi connectivity index (χ0n) is 14.9. The first-order chi connectivity index (χ1) is 14.1. The first-order valence-electron chi connectivity index (χ1n) is 8.61. The molecule has 5 nitrogen and oxygen atoms in total. The largest absolute Gasteiger partial charge is 0.275 e. The molecular formula is C21H14BrCl2N5. The van der Waals surface area contributed by atoms with Gasteiger partial charge in [0.2, 0.25) is 0 Å². The van der Waals surface area contributed by atoms with Crippen LogP contribution >= 0.6 is 39.1 Å². The molecule has 0 fully saturated rings. The number of nitrogens with zero attached hydrogens (tertiary/aromatic N) is 4. The molecule has 1 N–H and O–H groups in total. The maximum absolute atomic E-state index is 6.25. The summed E-state index contributed by atoms with van der Waals surface area (Å²) in [4.78, 5) is 4.08. The van der Waals surface area contributed by atoms with Crippen LogP contribution < -0.4 is 5.43 Å². The fourth-order valence-corrected chi connectivity index (χ4v) is 4.04. The minimum Gasteiger partial charge on any atom is -0.275 e. The standard InChI is InChI=1S/C21H14BrCl2N5/c22-16-10-18(23)21(19(24)11-16)27-26-12-15-13-29(17-4-2-1-3-5-17)28-20(15)14-6-8-25-9-7-14/h1-13,27H/b26-12+. The molecule has 0 aliphatic carbocycles. The molecule has 0 amide bonds. The van der Waals surface area contributed by atoms with Crippen LogP contribution in [0.2, 0.25) is 10.0 Å². The van der Waals surface area contributed by atoms with Crippen LogP contribution in [0, 0.1) is 0 Å². The van der Waals surface area contributed by atoms with E-state index in [1.165, 1.54) is 0 Å². The Bertz CT molecular complexity index is 1140. The van der Waals surface area contributed by atoms with Crippen LogP contribution in [0.1, 0.15) is 5.56 Å². The van der Waals surface area contributed by atoms with Crippen LogP contribution in [0.3, 0.4) is 0 Å². The van der Waals surface area contributed by atoms with Crippen LogP contribution in [-0.4, -0.2) is 21.0 Å². The summed E-state index contributed by atoms with van der Waals surface area (Å²) in [6.07, 6.45) is 7.08. The minimum absolute atomic E-state index is 0.468. The molecule has 8 heteroatoms. The molecule has 0 saturated heterocycles. The zero-order chi connectivity index (χ0) is 20.2. The minimum atomic E-state index is 0.468. The highest BCUT2D eigenvalue weighted by Gasteiger charge is 2.11. The number of aromatic nitrogens is 3. The lowest BCUT2D eigenvalue weighted by Gasteiger charge is -2.06. The molecule has 2 heterocycles. The normalized spacial score (nSPS) is 11.1. The van der Waals surface area contributed by atoms with Gasteiger partial charge in [0.15, 0.2) is 0 Å². The van der Waals surface area contributed by atoms with E-state index in [9.17, 15) is 0 Å². The molecule has 0 radical (unpaired) electrons. The van der Waals surface area contributed by atoms with Gasteiger partial charge in [-0.15, -0.1) is 0 Å². The highest BCUT2D eigenvalue weighted by molar-refractivity contribution is 9.10. The van der Waals surface area contributed by atoms with Crippen LogP contribution in [0.15, 0.2) is 82.8 Å². The Morgan fingerprint density at radius 1 is 1.00 bits per heavy atom. The van der Waals surface area contributed by atoms with Crippen molar-refractivity contribution in [1.29, 1.82) is 0 Å². The summed E-state index contributed by atoms with van der Waals surface area (Å²) in [5.41, 5.74) is 6.97. The first-order valence-corrected chi connectivity index (χ1v) is 10.2. The van der Waals surface area contributed by atoms with Gasteiger partial charge in [0.05, 0.1) is 27.6 Å². The van der Waals surface area contributed by atoms with E-state index in [0.29, 0.717) is 15.7 Å². The highest BCUT2D eigenvalue weighted by Crippen LogP contribution is 2.33. The fourth-order valence-electron chi connectivity index (χ4n) is 2.74. The van der Waals surface area contributed by atoms with E-state index in [4.69, 9.17) is 28.3 Å². The predicted octanol–water partition coefficient (Wildman–Crippen LogP) is 6.45. The second-order valence-electron chi connectivity index (χ2n) is 6.06. The molecule has 2 aromatic carbocycles. The number of rotatable bonds is 5. The maximum atomic E-state index is 6.25. The second-order valence-corrected chi connectivity index (χ2v) is 7.79. The molecular weight excluding hydrogens is 473 g/mol. The topological polar surface area (TPSA) is 55.1 Å². The summed E-state index contributed by atoms with van der Waals surface area (Å²) in [6, 6.07) is 17.2. The van der Waals surface area contributed by atoms with Gasteiger partial charge in [-0.3, -0.25) is 10.4 Å². The number of para-hydroxylation sites is 1. The lowest BCUT2D eigenvalue weighted by molar-refractivity contribution is 0.884. The summed E-state index contributed by atoms with van der Waals surface area (Å²) in [5.74, 6) is 0. The Morgan fingerprint density at radius 2 is 1.69 bits per heavy atom. The molecule has 0 bridgehead atoms. The average molecular weight is 487 g/mol. The van der Waals surface area contributed by atoms with Gasteiger partial charge in [-0.1, -0.05) is 57.3 Å². The third kappa shape index (κ3) is 4.50. The number of hydrazone groups is 1. The molecule has 0 aliphatic rings. The summed E-state index contributed by atoms with van der Waals surface area (Å²) in [7, 11) is 0. The first kappa shape index (κ1) is 19.6. The summed E-state index contributed by atoms with van der Waals surface area (Å²) < 4.78 is 2.61. The van der Waals surface area contributed by atoms with Gasteiger partial charge in [0.1, 0.15) is 5.69 Å². The molecule has 4 rings (SSSR count). The Hall–Kier alpha value is -2.67. The molecule has 2 aromatic heterocycles. The molecule has 0 spiro atoms. The number of nitrogens with one attached hydrogen (secondary N) is 1. The second kappa shape index (κ2) is 8.78. The number of benzene rings is 2. The van der Waals surface area contributed by atoms with Crippen molar-refractivity contribution in [2.75, 3.05) is 5.43 Å². The quantitative estimate of drug-likeness (QED) is 0.260. The van der Waals surface area contributed by atoms with E-state index in [0.717, 1.165) is 27.0 Å². The number of hydrogen-bond donors (Lipinski definition) is 1. The van der Waals surface area contributed by atoms with E-state index < -0.39 is 0 Å². The van der Waals surface area contributed by atoms with Crippen molar-refractivity contribution in [3.05, 3.63) is 93.3 Å². The third-order valence-electron chi connectivity index (χ3n) is 4.10. The fraction of sp³-hybridized carbons (Fsp3) is 0. The Balaban J connectivity index is 1.69. The number of halogens is 3. The summed E-state index contributed by atoms with van der Waals surface area (Å²) in [6.45, 7) is 0. The molecule has 0 atom stereocenters. The Morgan fingerprint density at radius 3 is 2.38 bits per heavy atom. The van der Waals surface area contributed by atoms with E-state index in [1.54, 1.807) is 30.7 Å². The third-order valence-corrected chi connectivity index (χ3v) is 5.16. The van der Waals surface area contributed by atoms with Crippen molar-refractivity contribution in [2.24, 2.45) is 5.10 Å². The maximum Gasteiger partial charge on any atom is 0.102 e. The Labute approximate surface area is 186 Å². The van der Waals surface area contributed by atoms with Crippen LogP contribution in [0.5, 0.6) is 0 Å². The molecule has 0 saturated carbocycles. The Kier molecular flexibility index (Phi) is 5.94. The van der Waals surface area contributed by atoms with Crippen molar-refractivity contribution in [1.82, 2.24) is 14.8 Å². The van der Waals surface area contributed by atoms with Crippen LogP contribution in [0.4, 0.5) is 5.69 Å². The predicted molar refractivity (Wildman–Crippen MR) is 122 cm³/mol. The van der Waals surface area contributed by atoms with E-state index >= 15 is 0 Å². The van der Waals surface area contributed by atoms with Gasteiger partial charge in [0.25, 0.3) is 0 Å². The monoisotopic (exact) mass is 485 g/mol. The molecule has 144 valence electrons. The lowest BCUT2D eigenvalue weighted by atomic mass is 10.1. The summed E-state index contributed by atoms with van der Waals surface area (Å²) >= 11 is 15.9. The van der Waals surface area contributed by atoms with Gasteiger partial charge in [-0.25, -0.2) is 4.68 Å². The van der Waals surface area contributed by atoms with Crippen molar-refractivity contribution in [3.63, 3.8) is 0 Å². The number of pyridine rings is 1. The molecule has 29 heavy (non-hydrogen) atoms. The smallest absolute Gasteiger partial charge is 0.102 e. The molecule has 0 unspecified atom stereocenters. The summed E-state index contributed by atoms with van der Waals surface area (Å²) in [5, 5.41) is 10.00. The van der Waals surface area contributed by atoms with Crippen molar-refractivity contribution in [3.8, 4) is 16.9 Å².